The van der Waals surface area contributed by atoms with Crippen LogP contribution in [0.15, 0.2) is 30.3 Å². The number of rotatable bonds is 9. The fourth-order valence-corrected chi connectivity index (χ4v) is 2.04. The number of nitrogens with one attached hydrogen (secondary N) is 1. The smallest absolute Gasteiger partial charge is 0.234 e. The number of unbranched alkanes of at least 4 members (excludes halogenated alkanes) is 1. The van der Waals surface area contributed by atoms with E-state index in [9.17, 15) is 4.79 Å². The van der Waals surface area contributed by atoms with Crippen molar-refractivity contribution in [3.63, 3.8) is 0 Å². The Hall–Kier alpha value is -1.35. The Labute approximate surface area is 117 Å². The van der Waals surface area contributed by atoms with Crippen molar-refractivity contribution >= 4 is 5.91 Å². The molecule has 0 atom stereocenters. The first-order valence-corrected chi connectivity index (χ1v) is 7.29. The molecule has 0 unspecified atom stereocenters. The predicted molar refractivity (Wildman–Crippen MR) is 79.9 cm³/mol. The second kappa shape index (κ2) is 9.56. The first-order chi connectivity index (χ1) is 9.26. The molecule has 1 amide bonds. The molecule has 0 saturated carbocycles. The van der Waals surface area contributed by atoms with Crippen LogP contribution in [0.25, 0.3) is 0 Å². The molecule has 19 heavy (non-hydrogen) atoms. The molecule has 0 spiro atoms. The van der Waals surface area contributed by atoms with Gasteiger partial charge in [0.2, 0.25) is 5.91 Å². The van der Waals surface area contributed by atoms with Crippen LogP contribution in [0.4, 0.5) is 0 Å². The van der Waals surface area contributed by atoms with Gasteiger partial charge in [-0.15, -0.1) is 0 Å². The van der Waals surface area contributed by atoms with Gasteiger partial charge in [-0.05, 0) is 24.9 Å². The van der Waals surface area contributed by atoms with Crippen LogP contribution in [0.2, 0.25) is 0 Å². The minimum Gasteiger partial charge on any atom is -0.355 e. The molecule has 0 heterocycles. The van der Waals surface area contributed by atoms with Crippen molar-refractivity contribution in [3.05, 3.63) is 35.9 Å². The van der Waals surface area contributed by atoms with Crippen molar-refractivity contribution < 1.29 is 4.79 Å². The first-order valence-electron chi connectivity index (χ1n) is 7.29. The minimum atomic E-state index is 0.137. The number of carbonyl (C=O) groups is 1. The third-order valence-electron chi connectivity index (χ3n) is 3.01. The van der Waals surface area contributed by atoms with E-state index in [-0.39, 0.29) is 5.91 Å². The molecule has 3 nitrogen and oxygen atoms in total. The van der Waals surface area contributed by atoms with Gasteiger partial charge in [0.1, 0.15) is 0 Å². The normalized spacial score (nSPS) is 10.7. The Balaban J connectivity index is 2.41. The number of nitrogens with zero attached hydrogens (tertiary/aromatic N) is 1. The van der Waals surface area contributed by atoms with Crippen molar-refractivity contribution in [3.8, 4) is 0 Å². The van der Waals surface area contributed by atoms with E-state index in [2.05, 4.69) is 36.2 Å². The maximum absolute atomic E-state index is 11.8. The summed E-state index contributed by atoms with van der Waals surface area (Å²) in [6.07, 6.45) is 3.23. The number of hydrogen-bond acceptors (Lipinski definition) is 2. The standard InChI is InChI=1S/C16H26N2O/c1-3-5-11-17-16(19)14-18(12-4-2)13-15-9-7-6-8-10-15/h6-10H,3-5,11-14H2,1-2H3,(H,17,19). The number of benzene rings is 1. The van der Waals surface area contributed by atoms with Gasteiger partial charge in [0.05, 0.1) is 6.54 Å². The minimum absolute atomic E-state index is 0.137. The summed E-state index contributed by atoms with van der Waals surface area (Å²) in [4.78, 5) is 14.0. The molecule has 1 aromatic carbocycles. The maximum Gasteiger partial charge on any atom is 0.234 e. The number of hydrogen-bond donors (Lipinski definition) is 1. The molecule has 0 saturated heterocycles. The van der Waals surface area contributed by atoms with E-state index in [1.807, 2.05) is 18.2 Å². The highest BCUT2D eigenvalue weighted by molar-refractivity contribution is 5.77. The van der Waals surface area contributed by atoms with Gasteiger partial charge in [0.15, 0.2) is 0 Å². The molecule has 106 valence electrons. The molecule has 3 heteroatoms. The summed E-state index contributed by atoms with van der Waals surface area (Å²) in [7, 11) is 0. The predicted octanol–water partition coefficient (Wildman–Crippen LogP) is 2.81. The molecule has 0 aliphatic heterocycles. The maximum atomic E-state index is 11.8. The number of carbonyl (C=O) groups excluding carboxylic acids is 1. The zero-order chi connectivity index (χ0) is 13.9. The molecule has 0 fully saturated rings. The molecule has 0 aromatic heterocycles. The SMILES string of the molecule is CCCCNC(=O)CN(CCC)Cc1ccccc1. The van der Waals surface area contributed by atoms with E-state index in [4.69, 9.17) is 0 Å². The molecule has 1 rings (SSSR count). The van der Waals surface area contributed by atoms with Crippen molar-refractivity contribution in [2.45, 2.75) is 39.7 Å². The molecule has 0 bridgehead atoms. The second-order valence-electron chi connectivity index (χ2n) is 4.90. The van der Waals surface area contributed by atoms with E-state index in [1.54, 1.807) is 0 Å². The van der Waals surface area contributed by atoms with Gasteiger partial charge in [-0.1, -0.05) is 50.6 Å². The quantitative estimate of drug-likeness (QED) is 0.694. The van der Waals surface area contributed by atoms with Gasteiger partial charge >= 0.3 is 0 Å². The Bertz CT molecular complexity index is 351. The largest absolute Gasteiger partial charge is 0.355 e. The first kappa shape index (κ1) is 15.7. The summed E-state index contributed by atoms with van der Waals surface area (Å²) in [5.74, 6) is 0.137. The summed E-state index contributed by atoms with van der Waals surface area (Å²) >= 11 is 0. The van der Waals surface area contributed by atoms with E-state index in [0.717, 1.165) is 38.9 Å². The average Bonchev–Trinajstić information content (AvgIpc) is 2.40. The Morgan fingerprint density at radius 1 is 1.16 bits per heavy atom. The van der Waals surface area contributed by atoms with Gasteiger partial charge in [-0.2, -0.15) is 0 Å². The lowest BCUT2D eigenvalue weighted by atomic mass is 10.2. The monoisotopic (exact) mass is 262 g/mol. The summed E-state index contributed by atoms with van der Waals surface area (Å²) in [5.41, 5.74) is 1.26. The van der Waals surface area contributed by atoms with Crippen LogP contribution in [-0.4, -0.2) is 30.4 Å². The van der Waals surface area contributed by atoms with Crippen LogP contribution < -0.4 is 5.32 Å². The fraction of sp³-hybridized carbons (Fsp3) is 0.562. The summed E-state index contributed by atoms with van der Waals surface area (Å²) in [5, 5.41) is 2.98. The molecular weight excluding hydrogens is 236 g/mol. The van der Waals surface area contributed by atoms with Crippen molar-refractivity contribution in [1.29, 1.82) is 0 Å². The van der Waals surface area contributed by atoms with Gasteiger partial charge in [0.25, 0.3) is 0 Å². The van der Waals surface area contributed by atoms with Crippen LogP contribution in [0.3, 0.4) is 0 Å². The third-order valence-corrected chi connectivity index (χ3v) is 3.01. The van der Waals surface area contributed by atoms with Crippen LogP contribution in [0, 0.1) is 0 Å². The van der Waals surface area contributed by atoms with Crippen LogP contribution in [-0.2, 0) is 11.3 Å². The van der Waals surface area contributed by atoms with Crippen LogP contribution in [0.5, 0.6) is 0 Å². The van der Waals surface area contributed by atoms with Gasteiger partial charge < -0.3 is 5.32 Å². The Kier molecular flexibility index (Phi) is 7.91. The van der Waals surface area contributed by atoms with Crippen LogP contribution >= 0.6 is 0 Å². The zero-order valence-corrected chi connectivity index (χ0v) is 12.2. The summed E-state index contributed by atoms with van der Waals surface area (Å²) in [6, 6.07) is 10.3. The number of amides is 1. The van der Waals surface area contributed by atoms with E-state index < -0.39 is 0 Å². The average molecular weight is 262 g/mol. The summed E-state index contributed by atoms with van der Waals surface area (Å²) in [6.45, 7) is 7.36. The topological polar surface area (TPSA) is 32.3 Å². The molecule has 1 N–H and O–H groups in total. The van der Waals surface area contributed by atoms with E-state index in [0.29, 0.717) is 6.54 Å². The van der Waals surface area contributed by atoms with Gasteiger partial charge in [0, 0.05) is 13.1 Å². The lowest BCUT2D eigenvalue weighted by molar-refractivity contribution is -0.122. The highest BCUT2D eigenvalue weighted by Gasteiger charge is 2.09. The lowest BCUT2D eigenvalue weighted by Gasteiger charge is -2.21. The molecule has 0 aliphatic carbocycles. The van der Waals surface area contributed by atoms with Gasteiger partial charge in [-0.3, -0.25) is 9.69 Å². The van der Waals surface area contributed by atoms with Crippen molar-refractivity contribution in [1.82, 2.24) is 10.2 Å². The fourth-order valence-electron chi connectivity index (χ4n) is 2.04. The molecular formula is C16H26N2O. The highest BCUT2D eigenvalue weighted by atomic mass is 16.2. The van der Waals surface area contributed by atoms with Crippen molar-refractivity contribution in [2.75, 3.05) is 19.6 Å². The Morgan fingerprint density at radius 2 is 1.89 bits per heavy atom. The van der Waals surface area contributed by atoms with E-state index in [1.165, 1.54) is 5.56 Å². The summed E-state index contributed by atoms with van der Waals surface area (Å²) < 4.78 is 0. The Morgan fingerprint density at radius 3 is 2.53 bits per heavy atom. The van der Waals surface area contributed by atoms with Crippen LogP contribution in [0.1, 0.15) is 38.7 Å². The molecule has 1 aromatic rings. The molecule has 0 radical (unpaired) electrons. The molecule has 0 aliphatic rings. The third kappa shape index (κ3) is 6.97. The second-order valence-corrected chi connectivity index (χ2v) is 4.90. The van der Waals surface area contributed by atoms with Gasteiger partial charge in [-0.25, -0.2) is 0 Å². The zero-order valence-electron chi connectivity index (χ0n) is 12.2. The highest BCUT2D eigenvalue weighted by Crippen LogP contribution is 2.04. The van der Waals surface area contributed by atoms with E-state index >= 15 is 0 Å². The van der Waals surface area contributed by atoms with Crippen molar-refractivity contribution in [2.24, 2.45) is 0 Å². The lowest BCUT2D eigenvalue weighted by Crippen LogP contribution is -2.37.